The Bertz CT molecular complexity index is 1420. The highest BCUT2D eigenvalue weighted by molar-refractivity contribution is 6.30. The van der Waals surface area contributed by atoms with Crippen molar-refractivity contribution in [2.24, 2.45) is 0 Å². The van der Waals surface area contributed by atoms with Gasteiger partial charge in [0.1, 0.15) is 23.7 Å². The third-order valence-electron chi connectivity index (χ3n) is 7.29. The molecule has 1 aromatic heterocycles. The Labute approximate surface area is 243 Å². The van der Waals surface area contributed by atoms with E-state index in [4.69, 9.17) is 21.2 Å². The van der Waals surface area contributed by atoms with Crippen LogP contribution in [0.1, 0.15) is 24.9 Å². The Kier molecular flexibility index (Phi) is 8.87. The molecule has 2 aliphatic heterocycles. The third kappa shape index (κ3) is 6.37. The maximum Gasteiger partial charge on any atom is 0.247 e. The Hall–Kier alpha value is -3.93. The first kappa shape index (κ1) is 28.6. The summed E-state index contributed by atoms with van der Waals surface area (Å²) in [6.07, 6.45) is 3.23. The number of benzene rings is 2. The van der Waals surface area contributed by atoms with Crippen molar-refractivity contribution in [1.82, 2.24) is 14.9 Å². The maximum atomic E-state index is 14.7. The summed E-state index contributed by atoms with van der Waals surface area (Å²) in [5, 5.41) is 8.14. The minimum Gasteiger partial charge on any atom is -0.494 e. The first-order valence-electron chi connectivity index (χ1n) is 13.5. The zero-order chi connectivity index (χ0) is 28.9. The molecular formula is C29H33ClFN7O3. The summed E-state index contributed by atoms with van der Waals surface area (Å²) in [5.74, 6) is 0.785. The number of rotatable bonds is 9. The highest BCUT2D eigenvalue weighted by Crippen LogP contribution is 2.40. The summed E-state index contributed by atoms with van der Waals surface area (Å²) in [5.41, 5.74) is 2.55. The topological polar surface area (TPSA) is 95.1 Å². The molecule has 2 saturated heterocycles. The van der Waals surface area contributed by atoms with Crippen LogP contribution in [0.5, 0.6) is 5.75 Å². The van der Waals surface area contributed by atoms with Crippen molar-refractivity contribution in [1.29, 1.82) is 0 Å². The van der Waals surface area contributed by atoms with Gasteiger partial charge in [0.2, 0.25) is 5.91 Å². The van der Waals surface area contributed by atoms with Gasteiger partial charge in [0.15, 0.2) is 5.82 Å². The highest BCUT2D eigenvalue weighted by Gasteiger charge is 2.31. The second-order valence-corrected chi connectivity index (χ2v) is 10.1. The lowest BCUT2D eigenvalue weighted by Crippen LogP contribution is -2.46. The van der Waals surface area contributed by atoms with Crippen LogP contribution in [0.15, 0.2) is 55.4 Å². The Balaban J connectivity index is 1.43. The molecule has 0 unspecified atom stereocenters. The average molecular weight is 582 g/mol. The van der Waals surface area contributed by atoms with Gasteiger partial charge in [0.05, 0.1) is 36.8 Å². The van der Waals surface area contributed by atoms with E-state index in [1.165, 1.54) is 18.5 Å². The SMILES string of the molecule is C=CC(=O)Nc1cc(Nc2cc(N3OCC[C@@H]3c3ccc(Cl)cc3F)ncn2)c(OC)cc1N1CCN(CC)CC1. The van der Waals surface area contributed by atoms with E-state index in [-0.39, 0.29) is 11.9 Å². The molecule has 1 amide bonds. The molecule has 3 aromatic rings. The number of likely N-dealkylation sites (N-methyl/N-ethyl adjacent to an activating group) is 1. The molecule has 0 spiro atoms. The molecule has 3 heterocycles. The number of carbonyl (C=O) groups excluding carboxylic acids is 1. The summed E-state index contributed by atoms with van der Waals surface area (Å²) in [7, 11) is 1.59. The number of piperazine rings is 1. The van der Waals surface area contributed by atoms with Crippen LogP contribution in [0.4, 0.5) is 33.1 Å². The fraction of sp³-hybridized carbons (Fsp3) is 0.345. The van der Waals surface area contributed by atoms with Crippen molar-refractivity contribution in [2.75, 3.05) is 67.0 Å². The predicted molar refractivity (Wildman–Crippen MR) is 159 cm³/mol. The number of nitrogens with one attached hydrogen (secondary N) is 2. The summed E-state index contributed by atoms with van der Waals surface area (Å²) < 4.78 is 20.5. The molecule has 41 heavy (non-hydrogen) atoms. The lowest BCUT2D eigenvalue weighted by atomic mass is 10.0. The number of halogens is 2. The Morgan fingerprint density at radius 1 is 1.20 bits per heavy atom. The quantitative estimate of drug-likeness (QED) is 0.332. The van der Waals surface area contributed by atoms with Crippen LogP contribution in [0.3, 0.4) is 0 Å². The molecule has 216 valence electrons. The van der Waals surface area contributed by atoms with E-state index in [2.05, 4.69) is 43.9 Å². The second kappa shape index (κ2) is 12.7. The van der Waals surface area contributed by atoms with Crippen molar-refractivity contribution in [2.45, 2.75) is 19.4 Å². The Morgan fingerprint density at radius 3 is 2.71 bits per heavy atom. The van der Waals surface area contributed by atoms with E-state index in [1.807, 2.05) is 12.1 Å². The van der Waals surface area contributed by atoms with Crippen LogP contribution in [0.25, 0.3) is 0 Å². The van der Waals surface area contributed by atoms with Gasteiger partial charge in [-0.1, -0.05) is 31.2 Å². The number of amides is 1. The van der Waals surface area contributed by atoms with E-state index >= 15 is 0 Å². The molecule has 1 atom stereocenters. The summed E-state index contributed by atoms with van der Waals surface area (Å²) in [6, 6.07) is 9.69. The normalized spacial score (nSPS) is 17.4. The van der Waals surface area contributed by atoms with Crippen molar-refractivity contribution >= 4 is 46.2 Å². The number of methoxy groups -OCH3 is 1. The van der Waals surface area contributed by atoms with Gasteiger partial charge in [-0.2, -0.15) is 0 Å². The van der Waals surface area contributed by atoms with Gasteiger partial charge in [-0.05, 0) is 30.8 Å². The second-order valence-electron chi connectivity index (χ2n) is 9.70. The molecule has 2 aliphatic rings. The van der Waals surface area contributed by atoms with Crippen molar-refractivity contribution < 1.29 is 18.8 Å². The molecule has 2 aromatic carbocycles. The number of hydrogen-bond donors (Lipinski definition) is 2. The number of aromatic nitrogens is 2. The summed E-state index contributed by atoms with van der Waals surface area (Å²) >= 11 is 5.96. The molecule has 0 radical (unpaired) electrons. The number of hydroxylamine groups is 1. The number of anilines is 5. The number of ether oxygens (including phenoxy) is 1. The molecule has 0 aliphatic carbocycles. The van der Waals surface area contributed by atoms with E-state index in [1.54, 1.807) is 30.4 Å². The predicted octanol–water partition coefficient (Wildman–Crippen LogP) is 5.17. The van der Waals surface area contributed by atoms with E-state index in [9.17, 15) is 9.18 Å². The van der Waals surface area contributed by atoms with Gasteiger partial charge in [-0.3, -0.25) is 9.63 Å². The van der Waals surface area contributed by atoms with Crippen molar-refractivity contribution in [3.8, 4) is 5.75 Å². The van der Waals surface area contributed by atoms with Crippen LogP contribution in [-0.2, 0) is 9.63 Å². The van der Waals surface area contributed by atoms with Crippen molar-refractivity contribution in [3.63, 3.8) is 0 Å². The standard InChI is InChI=1S/C29H33ClFN7O3/c1-4-29(39)35-22-15-23(26(40-3)16-25(22)37-11-9-36(5-2)10-12-37)34-27-17-28(33-18-32-27)38-24(8-13-41-38)20-7-6-19(30)14-21(20)31/h4,6-7,14-18,24H,1,5,8-13H2,2-3H3,(H,35,39)(H,32,33,34)/t24-/m1/s1. The largest absolute Gasteiger partial charge is 0.494 e. The van der Waals surface area contributed by atoms with Gasteiger partial charge in [-0.25, -0.2) is 19.4 Å². The van der Waals surface area contributed by atoms with Gasteiger partial charge < -0.3 is 25.2 Å². The molecule has 2 N–H and O–H groups in total. The molecule has 0 bridgehead atoms. The monoisotopic (exact) mass is 581 g/mol. The minimum atomic E-state index is -0.402. The first-order chi connectivity index (χ1) is 19.9. The van der Waals surface area contributed by atoms with Gasteiger partial charge in [0.25, 0.3) is 0 Å². The Morgan fingerprint density at radius 2 is 2.00 bits per heavy atom. The van der Waals surface area contributed by atoms with Gasteiger partial charge in [0, 0.05) is 55.3 Å². The minimum absolute atomic E-state index is 0.314. The van der Waals surface area contributed by atoms with Gasteiger partial charge in [-0.15, -0.1) is 0 Å². The molecule has 2 fully saturated rings. The van der Waals surface area contributed by atoms with E-state index in [0.717, 1.165) is 38.4 Å². The highest BCUT2D eigenvalue weighted by atomic mass is 35.5. The third-order valence-corrected chi connectivity index (χ3v) is 7.52. The van der Waals surface area contributed by atoms with E-state index in [0.29, 0.717) is 52.4 Å². The lowest BCUT2D eigenvalue weighted by molar-refractivity contribution is -0.111. The number of hydrogen-bond acceptors (Lipinski definition) is 9. The van der Waals surface area contributed by atoms with Crippen LogP contribution in [0, 0.1) is 5.82 Å². The lowest BCUT2D eigenvalue weighted by Gasteiger charge is -2.36. The fourth-order valence-corrected chi connectivity index (χ4v) is 5.27. The van der Waals surface area contributed by atoms with E-state index < -0.39 is 5.82 Å². The van der Waals surface area contributed by atoms with Crippen LogP contribution in [0.2, 0.25) is 5.02 Å². The average Bonchev–Trinajstić information content (AvgIpc) is 3.47. The fourth-order valence-electron chi connectivity index (χ4n) is 5.11. The van der Waals surface area contributed by atoms with Crippen LogP contribution >= 0.6 is 11.6 Å². The maximum absolute atomic E-state index is 14.7. The van der Waals surface area contributed by atoms with Crippen LogP contribution in [-0.4, -0.2) is 67.2 Å². The van der Waals surface area contributed by atoms with Crippen LogP contribution < -0.4 is 25.3 Å². The molecule has 0 saturated carbocycles. The zero-order valence-electron chi connectivity index (χ0n) is 23.1. The molecule has 5 rings (SSSR count). The molecule has 10 nitrogen and oxygen atoms in total. The first-order valence-corrected chi connectivity index (χ1v) is 13.9. The summed E-state index contributed by atoms with van der Waals surface area (Å²) in [6.45, 7) is 10.7. The summed E-state index contributed by atoms with van der Waals surface area (Å²) in [4.78, 5) is 31.5. The smallest absolute Gasteiger partial charge is 0.247 e. The number of carbonyl (C=O) groups is 1. The van der Waals surface area contributed by atoms with Gasteiger partial charge >= 0.3 is 0 Å². The molecule has 12 heteroatoms. The molecular weight excluding hydrogens is 549 g/mol. The number of nitrogens with zero attached hydrogens (tertiary/aromatic N) is 5. The zero-order valence-corrected chi connectivity index (χ0v) is 23.8. The van der Waals surface area contributed by atoms with Crippen molar-refractivity contribution in [3.05, 3.63) is 71.8 Å².